The molecule has 2 N–H and O–H groups in total. The Hall–Kier alpha value is -1.77. The van der Waals surface area contributed by atoms with E-state index in [9.17, 15) is 0 Å². The highest BCUT2D eigenvalue weighted by Gasteiger charge is 1.81. The van der Waals surface area contributed by atoms with Crippen LogP contribution in [0.3, 0.4) is 0 Å². The molecular formula is C9H11N3. The Labute approximate surface area is 71.5 Å². The quantitative estimate of drug-likeness (QED) is 0.606. The predicted molar refractivity (Wildman–Crippen MR) is 49.1 cm³/mol. The summed E-state index contributed by atoms with van der Waals surface area (Å²) in [5, 5.41) is 2.92. The summed E-state index contributed by atoms with van der Waals surface area (Å²) in [6, 6.07) is 0. The monoisotopic (exact) mass is 161 g/mol. The van der Waals surface area contributed by atoms with Gasteiger partial charge in [0.25, 0.3) is 0 Å². The van der Waals surface area contributed by atoms with Gasteiger partial charge in [0, 0.05) is 24.3 Å². The Kier molecular flexibility index (Phi) is 3.44. The van der Waals surface area contributed by atoms with Crippen molar-refractivity contribution < 1.29 is 0 Å². The van der Waals surface area contributed by atoms with Gasteiger partial charge in [-0.15, -0.1) is 0 Å². The second kappa shape index (κ2) is 4.96. The van der Waals surface area contributed by atoms with Gasteiger partial charge >= 0.3 is 0 Å². The maximum atomic E-state index is 3.67. The van der Waals surface area contributed by atoms with E-state index in [-0.39, 0.29) is 0 Å². The Bertz CT molecular complexity index is 253. The smallest absolute Gasteiger partial charge is 0.0919 e. The summed E-state index contributed by atoms with van der Waals surface area (Å²) < 4.78 is 0. The molecule has 1 aromatic rings. The molecule has 0 amide bonds. The summed E-state index contributed by atoms with van der Waals surface area (Å²) in [7, 11) is 0. The third-order valence-electron chi connectivity index (χ3n) is 1.18. The molecule has 3 heteroatoms. The van der Waals surface area contributed by atoms with Gasteiger partial charge in [-0.3, -0.25) is 0 Å². The highest BCUT2D eigenvalue weighted by Crippen LogP contribution is 1.92. The molecule has 0 bridgehead atoms. The second-order valence-electron chi connectivity index (χ2n) is 2.15. The van der Waals surface area contributed by atoms with Crippen LogP contribution in [0.4, 0.5) is 0 Å². The first-order chi connectivity index (χ1) is 5.89. The zero-order chi connectivity index (χ0) is 8.65. The summed E-state index contributed by atoms with van der Waals surface area (Å²) >= 11 is 0. The lowest BCUT2D eigenvalue weighted by Gasteiger charge is -1.99. The molecule has 2 rings (SSSR count). The van der Waals surface area contributed by atoms with Crippen LogP contribution in [0.1, 0.15) is 0 Å². The SMILES string of the molecule is C=C1C=CC=CN1.c1c[nH]cn1. The van der Waals surface area contributed by atoms with E-state index in [0.717, 1.165) is 5.70 Å². The molecule has 3 nitrogen and oxygen atoms in total. The molecule has 0 saturated carbocycles. The van der Waals surface area contributed by atoms with Crippen LogP contribution in [0, 0.1) is 0 Å². The zero-order valence-corrected chi connectivity index (χ0v) is 6.70. The van der Waals surface area contributed by atoms with Gasteiger partial charge < -0.3 is 10.3 Å². The minimum absolute atomic E-state index is 0.947. The van der Waals surface area contributed by atoms with Crippen molar-refractivity contribution in [1.29, 1.82) is 0 Å². The zero-order valence-electron chi connectivity index (χ0n) is 6.70. The number of dihydropyridines is 1. The van der Waals surface area contributed by atoms with Crippen molar-refractivity contribution in [3.05, 3.63) is 55.4 Å². The lowest BCUT2D eigenvalue weighted by molar-refractivity contribution is 1.11. The van der Waals surface area contributed by atoms with Crippen LogP contribution in [-0.2, 0) is 0 Å². The Morgan fingerprint density at radius 2 is 2.25 bits per heavy atom. The fourth-order valence-electron chi connectivity index (χ4n) is 0.646. The van der Waals surface area contributed by atoms with E-state index >= 15 is 0 Å². The molecule has 1 aromatic heterocycles. The Balaban J connectivity index is 0.000000127. The van der Waals surface area contributed by atoms with Crippen LogP contribution in [-0.4, -0.2) is 9.97 Å². The van der Waals surface area contributed by atoms with E-state index in [0.29, 0.717) is 0 Å². The number of aromatic amines is 1. The molecule has 1 aliphatic rings. The number of nitrogens with zero attached hydrogens (tertiary/aromatic N) is 1. The van der Waals surface area contributed by atoms with Crippen LogP contribution in [0.25, 0.3) is 0 Å². The van der Waals surface area contributed by atoms with Crippen LogP contribution < -0.4 is 5.32 Å². The lowest BCUT2D eigenvalue weighted by Crippen LogP contribution is -2.01. The minimum Gasteiger partial charge on any atom is -0.362 e. The first-order valence-corrected chi connectivity index (χ1v) is 3.61. The molecule has 0 fully saturated rings. The number of allylic oxidation sites excluding steroid dienone is 3. The summed E-state index contributed by atoms with van der Waals surface area (Å²) in [6.45, 7) is 3.66. The largest absolute Gasteiger partial charge is 0.362 e. The van der Waals surface area contributed by atoms with Crippen LogP contribution in [0.2, 0.25) is 0 Å². The molecule has 0 atom stereocenters. The highest BCUT2D eigenvalue weighted by atomic mass is 14.8. The van der Waals surface area contributed by atoms with Crippen molar-refractivity contribution in [2.24, 2.45) is 0 Å². The topological polar surface area (TPSA) is 40.7 Å². The normalized spacial score (nSPS) is 13.2. The number of H-pyrrole nitrogens is 1. The van der Waals surface area contributed by atoms with Gasteiger partial charge in [0.15, 0.2) is 0 Å². The van der Waals surface area contributed by atoms with Gasteiger partial charge in [0.1, 0.15) is 0 Å². The number of rotatable bonds is 0. The molecule has 62 valence electrons. The molecule has 0 unspecified atom stereocenters. The summed E-state index contributed by atoms with van der Waals surface area (Å²) in [5.41, 5.74) is 0.947. The van der Waals surface area contributed by atoms with Crippen LogP contribution >= 0.6 is 0 Å². The van der Waals surface area contributed by atoms with E-state index in [4.69, 9.17) is 0 Å². The van der Waals surface area contributed by atoms with Crippen LogP contribution in [0.15, 0.2) is 55.4 Å². The summed E-state index contributed by atoms with van der Waals surface area (Å²) in [6.07, 6.45) is 12.7. The molecular weight excluding hydrogens is 150 g/mol. The number of aromatic nitrogens is 2. The number of hydrogen-bond acceptors (Lipinski definition) is 2. The molecule has 0 radical (unpaired) electrons. The predicted octanol–water partition coefficient (Wildman–Crippen LogP) is 1.58. The lowest BCUT2D eigenvalue weighted by atomic mass is 10.3. The standard InChI is InChI=1S/C6H7N.C3H4N2/c1-6-4-2-3-5-7-6;1-2-5-3-4-1/h2-5,7H,1H2;1-3H,(H,4,5). The Morgan fingerprint density at radius 3 is 2.50 bits per heavy atom. The fourth-order valence-corrected chi connectivity index (χ4v) is 0.646. The van der Waals surface area contributed by atoms with Gasteiger partial charge in [-0.25, -0.2) is 4.98 Å². The van der Waals surface area contributed by atoms with Crippen molar-refractivity contribution in [1.82, 2.24) is 15.3 Å². The van der Waals surface area contributed by atoms with Crippen molar-refractivity contribution in [2.45, 2.75) is 0 Å². The first kappa shape index (κ1) is 8.33. The maximum absolute atomic E-state index is 3.67. The van der Waals surface area contributed by atoms with Gasteiger partial charge in [0.05, 0.1) is 6.33 Å². The van der Waals surface area contributed by atoms with Crippen molar-refractivity contribution in [3.8, 4) is 0 Å². The number of imidazole rings is 1. The van der Waals surface area contributed by atoms with E-state index < -0.39 is 0 Å². The molecule has 0 aromatic carbocycles. The molecule has 12 heavy (non-hydrogen) atoms. The van der Waals surface area contributed by atoms with Crippen LogP contribution in [0.5, 0.6) is 0 Å². The maximum Gasteiger partial charge on any atom is 0.0919 e. The second-order valence-corrected chi connectivity index (χ2v) is 2.15. The van der Waals surface area contributed by atoms with E-state index in [1.807, 2.05) is 24.4 Å². The van der Waals surface area contributed by atoms with Crippen molar-refractivity contribution in [2.75, 3.05) is 0 Å². The van der Waals surface area contributed by atoms with E-state index in [1.165, 1.54) is 0 Å². The molecule has 0 saturated heterocycles. The molecule has 0 spiro atoms. The van der Waals surface area contributed by atoms with Gasteiger partial charge in [0.2, 0.25) is 0 Å². The van der Waals surface area contributed by atoms with E-state index in [2.05, 4.69) is 21.9 Å². The number of nitrogens with one attached hydrogen (secondary N) is 2. The average molecular weight is 161 g/mol. The van der Waals surface area contributed by atoms with E-state index in [1.54, 1.807) is 18.7 Å². The third kappa shape index (κ3) is 3.41. The fraction of sp³-hybridized carbons (Fsp3) is 0. The Morgan fingerprint density at radius 1 is 1.33 bits per heavy atom. The summed E-state index contributed by atoms with van der Waals surface area (Å²) in [5.74, 6) is 0. The van der Waals surface area contributed by atoms with Gasteiger partial charge in [-0.2, -0.15) is 0 Å². The van der Waals surface area contributed by atoms with Crippen molar-refractivity contribution in [3.63, 3.8) is 0 Å². The van der Waals surface area contributed by atoms with Crippen molar-refractivity contribution >= 4 is 0 Å². The van der Waals surface area contributed by atoms with Gasteiger partial charge in [-0.1, -0.05) is 12.7 Å². The highest BCUT2D eigenvalue weighted by molar-refractivity contribution is 5.23. The molecule has 0 aliphatic carbocycles. The molecule has 2 heterocycles. The third-order valence-corrected chi connectivity index (χ3v) is 1.18. The minimum atomic E-state index is 0.947. The summed E-state index contributed by atoms with van der Waals surface area (Å²) in [4.78, 5) is 6.42. The molecule has 1 aliphatic heterocycles. The number of hydrogen-bond donors (Lipinski definition) is 2. The average Bonchev–Trinajstić information content (AvgIpc) is 2.62. The van der Waals surface area contributed by atoms with Gasteiger partial charge in [-0.05, 0) is 12.2 Å². The first-order valence-electron chi connectivity index (χ1n) is 3.61.